The van der Waals surface area contributed by atoms with Gasteiger partial charge in [-0.3, -0.25) is 0 Å². The molecule has 254 valence electrons. The molecule has 2 aromatic rings. The lowest BCUT2D eigenvalue weighted by Crippen LogP contribution is -2.44. The molecule has 0 saturated heterocycles. The molecular formula is C29H37F3N4O9S. The number of carbonyl (C=O) groups is 2. The maximum Gasteiger partial charge on any atom is 0.495 e. The number of hydrogen-bond acceptors (Lipinski definition) is 10. The highest BCUT2D eigenvalue weighted by atomic mass is 32.2. The van der Waals surface area contributed by atoms with Crippen LogP contribution in [0.15, 0.2) is 34.3 Å². The Morgan fingerprint density at radius 1 is 1.04 bits per heavy atom. The van der Waals surface area contributed by atoms with E-state index >= 15 is 0 Å². The second kappa shape index (κ2) is 14.5. The Morgan fingerprint density at radius 2 is 1.70 bits per heavy atom. The molecule has 17 heteroatoms. The first-order valence-electron chi connectivity index (χ1n) is 14.1. The van der Waals surface area contributed by atoms with Crippen molar-refractivity contribution in [3.05, 3.63) is 52.1 Å². The zero-order valence-corrected chi connectivity index (χ0v) is 26.8. The van der Waals surface area contributed by atoms with Crippen LogP contribution in [0.5, 0.6) is 11.5 Å². The van der Waals surface area contributed by atoms with Crippen LogP contribution >= 0.6 is 0 Å². The summed E-state index contributed by atoms with van der Waals surface area (Å²) in [6, 6.07) is 4.31. The Kier molecular flexibility index (Phi) is 11.4. The third-order valence-electron chi connectivity index (χ3n) is 7.13. The topological polar surface area (TPSA) is 191 Å². The quantitative estimate of drug-likeness (QED) is 0.0986. The number of sulfonamides is 1. The van der Waals surface area contributed by atoms with Crippen LogP contribution in [-0.4, -0.2) is 57.3 Å². The average Bonchev–Trinajstić information content (AvgIpc) is 2.95. The predicted octanol–water partition coefficient (Wildman–Crippen LogP) is 3.14. The summed E-state index contributed by atoms with van der Waals surface area (Å²) in [5, 5.41) is 3.38. The Balaban J connectivity index is 1.85. The smallest absolute Gasteiger partial charge is 0.493 e. The minimum atomic E-state index is -5.45. The molecule has 0 fully saturated rings. The number of nitrogens with one attached hydrogen (secondary N) is 1. The molecule has 13 nitrogen and oxygen atoms in total. The summed E-state index contributed by atoms with van der Waals surface area (Å²) in [4.78, 5) is 36.6. The van der Waals surface area contributed by atoms with Gasteiger partial charge in [-0.05, 0) is 99.0 Å². The summed E-state index contributed by atoms with van der Waals surface area (Å²) < 4.78 is 79.6. The number of fused-ring (bicyclic) bond motifs is 1. The van der Waals surface area contributed by atoms with E-state index in [4.69, 9.17) is 25.8 Å². The Labute approximate surface area is 264 Å². The number of rotatable bonds is 12. The van der Waals surface area contributed by atoms with Gasteiger partial charge in [0.2, 0.25) is 16.0 Å². The van der Waals surface area contributed by atoms with E-state index in [2.05, 4.69) is 19.7 Å². The molecule has 2 aromatic carbocycles. The number of nitrogens with two attached hydrogens (primary N) is 2. The fourth-order valence-electron chi connectivity index (χ4n) is 4.75. The summed E-state index contributed by atoms with van der Waals surface area (Å²) in [5.74, 6) is -3.57. The summed E-state index contributed by atoms with van der Waals surface area (Å²) in [5.41, 5.74) is 12.3. The van der Waals surface area contributed by atoms with Crippen LogP contribution in [0.3, 0.4) is 0 Å². The Bertz CT molecular complexity index is 1570. The van der Waals surface area contributed by atoms with Crippen LogP contribution in [0.2, 0.25) is 0 Å². The molecule has 1 heterocycles. The minimum absolute atomic E-state index is 0.107. The molecule has 1 aliphatic heterocycles. The van der Waals surface area contributed by atoms with Gasteiger partial charge in [-0.25, -0.2) is 27.8 Å². The third kappa shape index (κ3) is 9.38. The molecule has 0 spiro atoms. The standard InChI is InChI=1S/C29H37F3N4O9S/c1-16-17(2)24(18(3)21-11-12-28(4,5)43-23(16)21)46(39,40)36-22(25(37)44-45-26(38)29(30,31)32)15-19-7-9-20(10-8-19)41-13-6-14-42-35-27(33)34/h7-10,22,36H,6,11-15H2,1-5H3,(H4,33,34,35)/t22-/m0/s1. The number of hydrogen-bond donors (Lipinski definition) is 3. The minimum Gasteiger partial charge on any atom is -0.493 e. The van der Waals surface area contributed by atoms with Crippen molar-refractivity contribution >= 4 is 27.9 Å². The molecule has 0 amide bonds. The Morgan fingerprint density at radius 3 is 2.30 bits per heavy atom. The van der Waals surface area contributed by atoms with Gasteiger partial charge in [-0.2, -0.15) is 17.9 Å². The van der Waals surface area contributed by atoms with Gasteiger partial charge in [0.1, 0.15) is 29.7 Å². The highest BCUT2D eigenvalue weighted by Gasteiger charge is 2.44. The molecule has 0 aromatic heterocycles. The molecule has 1 atom stereocenters. The number of nitrogens with zero attached hydrogens (tertiary/aromatic N) is 1. The van der Waals surface area contributed by atoms with E-state index in [9.17, 15) is 31.2 Å². The molecule has 5 N–H and O–H groups in total. The fourth-order valence-corrected chi connectivity index (χ4v) is 6.50. The van der Waals surface area contributed by atoms with Gasteiger partial charge >= 0.3 is 18.1 Å². The zero-order chi connectivity index (χ0) is 34.4. The van der Waals surface area contributed by atoms with Crippen molar-refractivity contribution in [1.29, 1.82) is 0 Å². The number of alkyl halides is 3. The van der Waals surface area contributed by atoms with E-state index in [1.54, 1.807) is 20.8 Å². The first-order valence-corrected chi connectivity index (χ1v) is 15.6. The molecule has 0 aliphatic carbocycles. The van der Waals surface area contributed by atoms with Crippen molar-refractivity contribution < 1.29 is 55.3 Å². The molecule has 46 heavy (non-hydrogen) atoms. The van der Waals surface area contributed by atoms with E-state index < -0.39 is 39.8 Å². The lowest BCUT2D eigenvalue weighted by molar-refractivity contribution is -0.286. The lowest BCUT2D eigenvalue weighted by atomic mass is 9.88. The molecule has 0 unspecified atom stereocenters. The van der Waals surface area contributed by atoms with E-state index in [-0.39, 0.29) is 30.5 Å². The van der Waals surface area contributed by atoms with Crippen LogP contribution in [0.1, 0.15) is 54.5 Å². The molecule has 0 saturated carbocycles. The van der Waals surface area contributed by atoms with E-state index in [0.29, 0.717) is 58.6 Å². The zero-order valence-electron chi connectivity index (χ0n) is 25.9. The molecule has 1 aliphatic rings. The highest BCUT2D eigenvalue weighted by molar-refractivity contribution is 7.89. The third-order valence-corrected chi connectivity index (χ3v) is 8.87. The average molecular weight is 675 g/mol. The summed E-state index contributed by atoms with van der Waals surface area (Å²) in [7, 11) is -4.50. The van der Waals surface area contributed by atoms with Crippen LogP contribution in [0.25, 0.3) is 0 Å². The molecular weight excluding hydrogens is 637 g/mol. The fraction of sp³-hybridized carbons (Fsp3) is 0.483. The number of carbonyl (C=O) groups excluding carboxylic acids is 2. The predicted molar refractivity (Wildman–Crippen MR) is 158 cm³/mol. The molecule has 3 rings (SSSR count). The van der Waals surface area contributed by atoms with Crippen molar-refractivity contribution in [3.63, 3.8) is 0 Å². The second-order valence-corrected chi connectivity index (χ2v) is 12.9. The van der Waals surface area contributed by atoms with Gasteiger partial charge in [0.05, 0.1) is 11.5 Å². The van der Waals surface area contributed by atoms with Crippen LogP contribution in [0.4, 0.5) is 13.2 Å². The number of oxime groups is 1. The van der Waals surface area contributed by atoms with E-state index in [1.807, 2.05) is 13.8 Å². The first kappa shape index (κ1) is 36.2. The van der Waals surface area contributed by atoms with Gasteiger partial charge in [0, 0.05) is 6.42 Å². The highest BCUT2D eigenvalue weighted by Crippen LogP contribution is 2.42. The second-order valence-electron chi connectivity index (χ2n) is 11.2. The normalized spacial score (nSPS) is 14.7. The maximum atomic E-state index is 13.8. The summed E-state index contributed by atoms with van der Waals surface area (Å²) >= 11 is 0. The van der Waals surface area contributed by atoms with Crippen molar-refractivity contribution in [2.24, 2.45) is 16.6 Å². The first-order chi connectivity index (χ1) is 21.3. The van der Waals surface area contributed by atoms with Gasteiger partial charge in [0.25, 0.3) is 0 Å². The van der Waals surface area contributed by atoms with Crippen molar-refractivity contribution in [2.75, 3.05) is 13.2 Å². The van der Waals surface area contributed by atoms with Crippen molar-refractivity contribution in [3.8, 4) is 11.5 Å². The monoisotopic (exact) mass is 674 g/mol. The van der Waals surface area contributed by atoms with Gasteiger partial charge < -0.3 is 25.8 Å². The van der Waals surface area contributed by atoms with Crippen LogP contribution < -0.4 is 25.7 Å². The van der Waals surface area contributed by atoms with E-state index in [0.717, 1.165) is 0 Å². The van der Waals surface area contributed by atoms with Gasteiger partial charge in [-0.15, -0.1) is 0 Å². The number of benzene rings is 2. The van der Waals surface area contributed by atoms with Crippen molar-refractivity contribution in [2.45, 2.75) is 83.0 Å². The maximum absolute atomic E-state index is 13.8. The summed E-state index contributed by atoms with van der Waals surface area (Å²) in [6.45, 7) is 9.21. The largest absolute Gasteiger partial charge is 0.495 e. The Hall–Kier alpha value is -4.25. The van der Waals surface area contributed by atoms with E-state index in [1.165, 1.54) is 24.3 Å². The SMILES string of the molecule is Cc1c(C)c(S(=O)(=O)N[C@@H](Cc2ccc(OCCCON=C(N)N)cc2)C(=O)OOC(=O)C(F)(F)F)c(C)c2c1OC(C)(C)CC2. The van der Waals surface area contributed by atoms with Gasteiger partial charge in [0.15, 0.2) is 0 Å². The number of halogens is 3. The number of ether oxygens (including phenoxy) is 2. The summed E-state index contributed by atoms with van der Waals surface area (Å²) in [6.07, 6.45) is -4.23. The van der Waals surface area contributed by atoms with Crippen LogP contribution in [0, 0.1) is 20.8 Å². The number of guanidine groups is 1. The molecule has 0 bridgehead atoms. The van der Waals surface area contributed by atoms with Gasteiger partial charge in [-0.1, -0.05) is 12.1 Å². The lowest BCUT2D eigenvalue weighted by Gasteiger charge is -2.35. The van der Waals surface area contributed by atoms with Crippen molar-refractivity contribution in [1.82, 2.24) is 4.72 Å². The van der Waals surface area contributed by atoms with Crippen LogP contribution in [-0.2, 0) is 47.1 Å². The molecule has 0 radical (unpaired) electrons.